The zero-order valence-corrected chi connectivity index (χ0v) is 15.1. The lowest BCUT2D eigenvalue weighted by Gasteiger charge is -2.27. The summed E-state index contributed by atoms with van der Waals surface area (Å²) in [5.41, 5.74) is 0.709. The average Bonchev–Trinajstić information content (AvgIpc) is 2.96. The Balaban J connectivity index is 1.73. The average molecular weight is 374 g/mol. The lowest BCUT2D eigenvalue weighted by molar-refractivity contribution is -0.132. The van der Waals surface area contributed by atoms with Crippen LogP contribution in [-0.4, -0.2) is 16.8 Å². The fourth-order valence-corrected chi connectivity index (χ4v) is 3.61. The van der Waals surface area contributed by atoms with Gasteiger partial charge >= 0.3 is 6.03 Å². The van der Waals surface area contributed by atoms with E-state index < -0.39 is 17.4 Å². The first-order valence-corrected chi connectivity index (χ1v) is 9.07. The van der Waals surface area contributed by atoms with Crippen molar-refractivity contribution in [3.63, 3.8) is 0 Å². The molecule has 4 rings (SSSR count). The van der Waals surface area contributed by atoms with Gasteiger partial charge in [0, 0.05) is 12.0 Å². The number of halogens is 1. The van der Waals surface area contributed by atoms with E-state index >= 15 is 0 Å². The molecule has 3 aromatic carbocycles. The second-order valence-corrected chi connectivity index (χ2v) is 6.85. The zero-order valence-electron chi connectivity index (χ0n) is 15.1. The summed E-state index contributed by atoms with van der Waals surface area (Å²) in [4.78, 5) is 27.3. The number of carbonyl (C=O) groups excluding carboxylic acids is 2. The number of amides is 3. The van der Waals surface area contributed by atoms with Crippen molar-refractivity contribution in [3.8, 4) is 0 Å². The molecule has 0 radical (unpaired) electrons. The molecule has 4 nitrogen and oxygen atoms in total. The summed E-state index contributed by atoms with van der Waals surface area (Å²) in [6.07, 6.45) is 0.316. The van der Waals surface area contributed by atoms with Gasteiger partial charge in [-0.3, -0.25) is 9.69 Å². The molecule has 5 heteroatoms. The first-order chi connectivity index (χ1) is 13.6. The van der Waals surface area contributed by atoms with E-state index in [2.05, 4.69) is 5.32 Å². The van der Waals surface area contributed by atoms with Gasteiger partial charge < -0.3 is 5.32 Å². The highest BCUT2D eigenvalue weighted by molar-refractivity contribution is 6.07. The van der Waals surface area contributed by atoms with Gasteiger partial charge in [0.25, 0.3) is 5.91 Å². The Morgan fingerprint density at radius 3 is 2.11 bits per heavy atom. The second kappa shape index (κ2) is 7.27. The quantitative estimate of drug-likeness (QED) is 0.686. The van der Waals surface area contributed by atoms with Gasteiger partial charge in [-0.15, -0.1) is 0 Å². The molecule has 1 atom stereocenters. The monoisotopic (exact) mass is 374 g/mol. The number of carbonyl (C=O) groups is 2. The summed E-state index contributed by atoms with van der Waals surface area (Å²) >= 11 is 0. The summed E-state index contributed by atoms with van der Waals surface area (Å²) < 4.78 is 14.1. The minimum atomic E-state index is -1.22. The topological polar surface area (TPSA) is 49.4 Å². The molecule has 28 heavy (non-hydrogen) atoms. The van der Waals surface area contributed by atoms with Crippen molar-refractivity contribution in [2.75, 3.05) is 0 Å². The summed E-state index contributed by atoms with van der Waals surface area (Å²) in [5.74, 6) is -0.820. The third-order valence-corrected chi connectivity index (χ3v) is 5.04. The van der Waals surface area contributed by atoms with Crippen LogP contribution in [-0.2, 0) is 23.3 Å². The summed E-state index contributed by atoms with van der Waals surface area (Å²) in [5, 5.41) is 2.89. The van der Waals surface area contributed by atoms with Crippen molar-refractivity contribution in [2.24, 2.45) is 0 Å². The van der Waals surface area contributed by atoms with E-state index in [4.69, 9.17) is 0 Å². The molecule has 1 saturated heterocycles. The predicted octanol–water partition coefficient (Wildman–Crippen LogP) is 4.02. The van der Waals surface area contributed by atoms with Crippen LogP contribution in [0.3, 0.4) is 0 Å². The molecule has 140 valence electrons. The van der Waals surface area contributed by atoms with Gasteiger partial charge in [0.15, 0.2) is 5.54 Å². The van der Waals surface area contributed by atoms with Gasteiger partial charge in [0.05, 0.1) is 6.54 Å². The third kappa shape index (κ3) is 3.16. The van der Waals surface area contributed by atoms with E-state index in [0.717, 1.165) is 10.5 Å². The molecule has 1 aliphatic rings. The van der Waals surface area contributed by atoms with Crippen LogP contribution in [0, 0.1) is 5.82 Å². The molecule has 1 aliphatic heterocycles. The van der Waals surface area contributed by atoms with Crippen molar-refractivity contribution in [3.05, 3.63) is 107 Å². The number of urea groups is 1. The number of hydrogen-bond donors (Lipinski definition) is 1. The molecule has 0 aliphatic carbocycles. The Bertz CT molecular complexity index is 1010. The van der Waals surface area contributed by atoms with Crippen molar-refractivity contribution in [1.29, 1.82) is 0 Å². The molecule has 1 N–H and O–H groups in total. The first-order valence-electron chi connectivity index (χ1n) is 9.07. The highest BCUT2D eigenvalue weighted by atomic mass is 19.1. The van der Waals surface area contributed by atoms with Crippen LogP contribution in [0.2, 0.25) is 0 Å². The Kier molecular flexibility index (Phi) is 4.65. The fraction of sp³-hybridized carbons (Fsp3) is 0.130. The molecule has 1 heterocycles. The fourth-order valence-electron chi connectivity index (χ4n) is 3.61. The molecular weight excluding hydrogens is 355 g/mol. The summed E-state index contributed by atoms with van der Waals surface area (Å²) in [6.45, 7) is -0.110. The SMILES string of the molecule is O=C1NC(Cc2ccccc2)(c2ccccc2)C(=O)N1Cc1ccccc1F. The number of rotatable bonds is 5. The van der Waals surface area contributed by atoms with E-state index in [9.17, 15) is 14.0 Å². The van der Waals surface area contributed by atoms with Gasteiger partial charge in [-0.05, 0) is 17.2 Å². The smallest absolute Gasteiger partial charge is 0.319 e. The Morgan fingerprint density at radius 2 is 1.43 bits per heavy atom. The third-order valence-electron chi connectivity index (χ3n) is 5.04. The summed E-state index contributed by atoms with van der Waals surface area (Å²) in [6, 6.07) is 24.4. The minimum absolute atomic E-state index is 0.110. The van der Waals surface area contributed by atoms with Crippen molar-refractivity contribution >= 4 is 11.9 Å². The van der Waals surface area contributed by atoms with Crippen LogP contribution in [0.15, 0.2) is 84.9 Å². The Labute approximate surface area is 162 Å². The Morgan fingerprint density at radius 1 is 0.821 bits per heavy atom. The van der Waals surface area contributed by atoms with Crippen molar-refractivity contribution < 1.29 is 14.0 Å². The van der Waals surface area contributed by atoms with Gasteiger partial charge in [0.2, 0.25) is 0 Å². The molecule has 0 aromatic heterocycles. The first kappa shape index (κ1) is 17.9. The number of benzene rings is 3. The van der Waals surface area contributed by atoms with Crippen LogP contribution in [0.4, 0.5) is 9.18 Å². The van der Waals surface area contributed by atoms with Crippen molar-refractivity contribution in [2.45, 2.75) is 18.5 Å². The van der Waals surface area contributed by atoms with Crippen molar-refractivity contribution in [1.82, 2.24) is 10.2 Å². The highest BCUT2D eigenvalue weighted by Crippen LogP contribution is 2.33. The number of hydrogen-bond acceptors (Lipinski definition) is 2. The van der Waals surface area contributed by atoms with Gasteiger partial charge in [-0.2, -0.15) is 0 Å². The van der Waals surface area contributed by atoms with Gasteiger partial charge in [-0.1, -0.05) is 78.9 Å². The lowest BCUT2D eigenvalue weighted by atomic mass is 9.83. The van der Waals surface area contributed by atoms with E-state index in [1.165, 1.54) is 6.07 Å². The summed E-state index contributed by atoms with van der Waals surface area (Å²) in [7, 11) is 0. The normalized spacial score (nSPS) is 19.0. The van der Waals surface area contributed by atoms with Crippen LogP contribution in [0.1, 0.15) is 16.7 Å². The zero-order chi connectivity index (χ0) is 19.6. The van der Waals surface area contributed by atoms with E-state index in [1.807, 2.05) is 60.7 Å². The van der Waals surface area contributed by atoms with Crippen LogP contribution in [0.25, 0.3) is 0 Å². The van der Waals surface area contributed by atoms with E-state index in [0.29, 0.717) is 17.5 Å². The number of imide groups is 1. The molecule has 3 amide bonds. The molecule has 3 aromatic rings. The molecule has 1 unspecified atom stereocenters. The van der Waals surface area contributed by atoms with Crippen LogP contribution >= 0.6 is 0 Å². The molecule has 0 spiro atoms. The maximum absolute atomic E-state index is 14.1. The maximum Gasteiger partial charge on any atom is 0.325 e. The largest absolute Gasteiger partial charge is 0.325 e. The molecule has 1 fully saturated rings. The standard InChI is InChI=1S/C23H19FN2O2/c24-20-14-8-7-11-18(20)16-26-21(27)23(25-22(26)28,19-12-5-2-6-13-19)15-17-9-3-1-4-10-17/h1-14H,15-16H2,(H,25,28). The number of nitrogens with zero attached hydrogens (tertiary/aromatic N) is 1. The van der Waals surface area contributed by atoms with Gasteiger partial charge in [0.1, 0.15) is 5.82 Å². The van der Waals surface area contributed by atoms with Gasteiger partial charge in [-0.25, -0.2) is 9.18 Å². The lowest BCUT2D eigenvalue weighted by Crippen LogP contribution is -2.46. The maximum atomic E-state index is 14.1. The molecule has 0 bridgehead atoms. The van der Waals surface area contributed by atoms with E-state index in [-0.39, 0.29) is 12.5 Å². The highest BCUT2D eigenvalue weighted by Gasteiger charge is 2.52. The minimum Gasteiger partial charge on any atom is -0.319 e. The predicted molar refractivity (Wildman–Crippen MR) is 104 cm³/mol. The number of nitrogens with one attached hydrogen (secondary N) is 1. The molecule has 0 saturated carbocycles. The second-order valence-electron chi connectivity index (χ2n) is 6.85. The van der Waals surface area contributed by atoms with Crippen LogP contribution in [0.5, 0.6) is 0 Å². The van der Waals surface area contributed by atoms with E-state index in [1.54, 1.807) is 18.2 Å². The Hall–Kier alpha value is -3.47. The molecular formula is C23H19FN2O2. The van der Waals surface area contributed by atoms with Crippen LogP contribution < -0.4 is 5.32 Å².